The van der Waals surface area contributed by atoms with Gasteiger partial charge in [-0.05, 0) is 56.6 Å². The number of nitrogens with zero attached hydrogens (tertiary/aromatic N) is 1. The Morgan fingerprint density at radius 3 is 2.56 bits per heavy atom. The van der Waals surface area contributed by atoms with Crippen LogP contribution >= 0.6 is 11.8 Å². The molecule has 3 rings (SSSR count). The number of aromatic amines is 1. The monoisotopic (exact) mass is 385 g/mol. The summed E-state index contributed by atoms with van der Waals surface area (Å²) in [5.41, 5.74) is 4.85. The van der Waals surface area contributed by atoms with Crippen molar-refractivity contribution < 1.29 is 4.79 Å². The Labute approximate surface area is 164 Å². The molecule has 1 aliphatic carbocycles. The van der Waals surface area contributed by atoms with E-state index in [9.17, 15) is 9.59 Å². The van der Waals surface area contributed by atoms with E-state index >= 15 is 0 Å². The van der Waals surface area contributed by atoms with Gasteiger partial charge in [-0.15, -0.1) is 0 Å². The second-order valence-electron chi connectivity index (χ2n) is 6.91. The molecule has 5 nitrogen and oxygen atoms in total. The molecule has 0 spiro atoms. The van der Waals surface area contributed by atoms with Crippen molar-refractivity contribution in [1.29, 1.82) is 0 Å². The van der Waals surface area contributed by atoms with Crippen LogP contribution in [0.4, 0.5) is 5.69 Å². The Hall–Kier alpha value is -2.08. The maximum atomic E-state index is 12.8. The Bertz CT molecular complexity index is 869. The first-order valence-corrected chi connectivity index (χ1v) is 10.6. The number of anilines is 1. The van der Waals surface area contributed by atoms with Crippen LogP contribution in [-0.2, 0) is 30.5 Å². The number of aromatic nitrogens is 2. The van der Waals surface area contributed by atoms with Crippen LogP contribution in [0, 0.1) is 0 Å². The molecule has 0 aliphatic heterocycles. The smallest absolute Gasteiger partial charge is 0.254 e. The third-order valence-corrected chi connectivity index (χ3v) is 6.06. The highest BCUT2D eigenvalue weighted by Gasteiger charge is 2.21. The minimum Gasteiger partial charge on any atom is -0.325 e. The first-order valence-electron chi connectivity index (χ1n) is 9.73. The summed E-state index contributed by atoms with van der Waals surface area (Å²) >= 11 is 1.31. The van der Waals surface area contributed by atoms with Gasteiger partial charge in [0.1, 0.15) is 0 Å². The van der Waals surface area contributed by atoms with E-state index in [-0.39, 0.29) is 16.7 Å². The Morgan fingerprint density at radius 2 is 1.89 bits per heavy atom. The molecular weight excluding hydrogens is 358 g/mol. The highest BCUT2D eigenvalue weighted by Crippen LogP contribution is 2.26. The average molecular weight is 386 g/mol. The summed E-state index contributed by atoms with van der Waals surface area (Å²) in [6, 6.07) is 6.14. The zero-order chi connectivity index (χ0) is 19.4. The number of rotatable bonds is 6. The van der Waals surface area contributed by atoms with E-state index in [1.165, 1.54) is 11.8 Å². The lowest BCUT2D eigenvalue weighted by molar-refractivity contribution is -0.115. The number of para-hydroxylation sites is 1. The van der Waals surface area contributed by atoms with Crippen LogP contribution < -0.4 is 10.9 Å². The predicted molar refractivity (Wildman–Crippen MR) is 111 cm³/mol. The molecule has 0 saturated carbocycles. The molecule has 0 radical (unpaired) electrons. The van der Waals surface area contributed by atoms with Crippen molar-refractivity contribution in [2.24, 2.45) is 0 Å². The summed E-state index contributed by atoms with van der Waals surface area (Å²) in [5.74, 6) is -0.0732. The second-order valence-corrected chi connectivity index (χ2v) is 8.24. The summed E-state index contributed by atoms with van der Waals surface area (Å²) < 4.78 is 0. The summed E-state index contributed by atoms with van der Waals surface area (Å²) in [7, 11) is 0. The molecule has 27 heavy (non-hydrogen) atoms. The van der Waals surface area contributed by atoms with Crippen LogP contribution in [0.5, 0.6) is 0 Å². The van der Waals surface area contributed by atoms with Crippen LogP contribution in [0.3, 0.4) is 0 Å². The molecule has 1 aromatic carbocycles. The second kappa shape index (κ2) is 8.74. The van der Waals surface area contributed by atoms with Crippen LogP contribution in [-0.4, -0.2) is 21.1 Å². The first kappa shape index (κ1) is 19.7. The van der Waals surface area contributed by atoms with Gasteiger partial charge in [-0.1, -0.05) is 43.8 Å². The third kappa shape index (κ3) is 4.43. The van der Waals surface area contributed by atoms with E-state index in [1.807, 2.05) is 13.0 Å². The van der Waals surface area contributed by atoms with Crippen LogP contribution in [0.1, 0.15) is 56.0 Å². The van der Waals surface area contributed by atoms with Gasteiger partial charge in [0.15, 0.2) is 5.16 Å². The van der Waals surface area contributed by atoms with Gasteiger partial charge in [-0.2, -0.15) is 0 Å². The Morgan fingerprint density at radius 1 is 1.22 bits per heavy atom. The van der Waals surface area contributed by atoms with Crippen LogP contribution in [0.25, 0.3) is 0 Å². The van der Waals surface area contributed by atoms with Crippen molar-refractivity contribution in [2.75, 3.05) is 5.32 Å². The van der Waals surface area contributed by atoms with Crippen molar-refractivity contribution >= 4 is 23.4 Å². The van der Waals surface area contributed by atoms with Gasteiger partial charge >= 0.3 is 0 Å². The van der Waals surface area contributed by atoms with Gasteiger partial charge in [-0.25, -0.2) is 4.98 Å². The number of thioether (sulfide) groups is 1. The molecule has 6 heteroatoms. The number of hydrogen-bond donors (Lipinski definition) is 2. The standard InChI is InChI=1S/C21H27N3O2S/c1-4-14-9-8-10-15(5-2)18(14)23-19(25)13(3)27-21-22-17-12-7-6-11-16(17)20(26)24-21/h8-10,13H,4-7,11-12H2,1-3H3,(H,23,25)(H,22,24,26)/t13-/m1/s1. The van der Waals surface area contributed by atoms with E-state index in [4.69, 9.17) is 0 Å². The maximum absolute atomic E-state index is 12.8. The number of fused-ring (bicyclic) bond motifs is 1. The largest absolute Gasteiger partial charge is 0.325 e. The fourth-order valence-electron chi connectivity index (χ4n) is 3.49. The lowest BCUT2D eigenvalue weighted by Crippen LogP contribution is -2.26. The summed E-state index contributed by atoms with van der Waals surface area (Å²) in [6.45, 7) is 6.02. The quantitative estimate of drug-likeness (QED) is 0.584. The SMILES string of the molecule is CCc1cccc(CC)c1NC(=O)[C@@H](C)Sc1nc2c(c(=O)[nH]1)CCCC2. The molecule has 1 heterocycles. The fraction of sp³-hybridized carbons (Fsp3) is 0.476. The Balaban J connectivity index is 1.76. The molecule has 1 atom stereocenters. The molecule has 144 valence electrons. The highest BCUT2D eigenvalue weighted by atomic mass is 32.2. The zero-order valence-corrected chi connectivity index (χ0v) is 17.0. The molecule has 2 aromatic rings. The van der Waals surface area contributed by atoms with E-state index in [0.717, 1.165) is 66.6 Å². The fourth-order valence-corrected chi connectivity index (χ4v) is 4.30. The summed E-state index contributed by atoms with van der Waals surface area (Å²) in [4.78, 5) is 32.5. The van der Waals surface area contributed by atoms with E-state index in [0.29, 0.717) is 5.16 Å². The number of carbonyl (C=O) groups is 1. The molecule has 2 N–H and O–H groups in total. The number of amides is 1. The predicted octanol–water partition coefficient (Wildman–Crippen LogP) is 3.89. The zero-order valence-electron chi connectivity index (χ0n) is 16.2. The van der Waals surface area contributed by atoms with Gasteiger partial charge in [-0.3, -0.25) is 9.59 Å². The number of nitrogens with one attached hydrogen (secondary N) is 2. The molecule has 1 aromatic heterocycles. The van der Waals surface area contributed by atoms with E-state index < -0.39 is 0 Å². The summed E-state index contributed by atoms with van der Waals surface area (Å²) in [6.07, 6.45) is 5.48. The van der Waals surface area contributed by atoms with Crippen molar-refractivity contribution in [3.8, 4) is 0 Å². The van der Waals surface area contributed by atoms with Gasteiger partial charge < -0.3 is 10.3 Å². The average Bonchev–Trinajstić information content (AvgIpc) is 2.68. The molecular formula is C21H27N3O2S. The normalized spacial score (nSPS) is 14.5. The molecule has 0 fully saturated rings. The van der Waals surface area contributed by atoms with Gasteiger partial charge in [0.05, 0.1) is 10.9 Å². The minimum atomic E-state index is -0.357. The van der Waals surface area contributed by atoms with Gasteiger partial charge in [0, 0.05) is 11.3 Å². The number of hydrogen-bond acceptors (Lipinski definition) is 4. The first-order chi connectivity index (χ1) is 13.0. The van der Waals surface area contributed by atoms with Gasteiger partial charge in [0.2, 0.25) is 5.91 Å². The molecule has 1 aliphatic rings. The molecule has 0 saturated heterocycles. The van der Waals surface area contributed by atoms with Crippen LogP contribution in [0.15, 0.2) is 28.2 Å². The van der Waals surface area contributed by atoms with Crippen molar-refractivity contribution in [3.05, 3.63) is 50.9 Å². The third-order valence-electron chi connectivity index (χ3n) is 5.07. The molecule has 0 bridgehead atoms. The van der Waals surface area contributed by atoms with E-state index in [2.05, 4.69) is 41.3 Å². The van der Waals surface area contributed by atoms with Crippen molar-refractivity contribution in [1.82, 2.24) is 9.97 Å². The van der Waals surface area contributed by atoms with Crippen molar-refractivity contribution in [3.63, 3.8) is 0 Å². The number of carbonyl (C=O) groups excluding carboxylic acids is 1. The molecule has 1 amide bonds. The number of aryl methyl sites for hydroxylation is 3. The van der Waals surface area contributed by atoms with Crippen LogP contribution in [0.2, 0.25) is 0 Å². The number of H-pyrrole nitrogens is 1. The molecule has 0 unspecified atom stereocenters. The lowest BCUT2D eigenvalue weighted by atomic mass is 9.97. The highest BCUT2D eigenvalue weighted by molar-refractivity contribution is 8.00. The topological polar surface area (TPSA) is 74.8 Å². The van der Waals surface area contributed by atoms with E-state index in [1.54, 1.807) is 0 Å². The minimum absolute atomic E-state index is 0.0561. The maximum Gasteiger partial charge on any atom is 0.254 e. The Kier molecular flexibility index (Phi) is 6.37. The lowest BCUT2D eigenvalue weighted by Gasteiger charge is -2.18. The van der Waals surface area contributed by atoms with Crippen molar-refractivity contribution in [2.45, 2.75) is 69.7 Å². The number of benzene rings is 1. The summed E-state index contributed by atoms with van der Waals surface area (Å²) in [5, 5.41) is 3.27. The van der Waals surface area contributed by atoms with Gasteiger partial charge in [0.25, 0.3) is 5.56 Å².